The van der Waals surface area contributed by atoms with Crippen molar-refractivity contribution >= 4 is 22.6 Å². The van der Waals surface area contributed by atoms with Crippen LogP contribution in [0, 0.1) is 34.5 Å². The summed E-state index contributed by atoms with van der Waals surface area (Å²) >= 11 is 0. The monoisotopic (exact) mass is 641 g/mol. The van der Waals surface area contributed by atoms with Crippen LogP contribution in [0.2, 0.25) is 0 Å². The lowest BCUT2D eigenvalue weighted by atomic mass is 9.44. The number of hydrogen-bond donors (Lipinski definition) is 2. The van der Waals surface area contributed by atoms with E-state index in [-0.39, 0.29) is 34.8 Å². The summed E-state index contributed by atoms with van der Waals surface area (Å²) in [7, 11) is 0. The number of hydrogen-bond acceptors (Lipinski definition) is 5. The number of piperazine rings is 1. The van der Waals surface area contributed by atoms with Crippen molar-refractivity contribution in [1.82, 2.24) is 14.7 Å². The Labute approximate surface area is 280 Å². The predicted molar refractivity (Wildman–Crippen MR) is 184 cm³/mol. The van der Waals surface area contributed by atoms with Gasteiger partial charge in [0.05, 0.1) is 11.7 Å². The van der Waals surface area contributed by atoms with Crippen LogP contribution in [-0.2, 0) is 4.79 Å². The first-order valence-corrected chi connectivity index (χ1v) is 18.7. The molecule has 254 valence electrons. The van der Waals surface area contributed by atoms with Crippen molar-refractivity contribution in [2.75, 3.05) is 32.7 Å². The van der Waals surface area contributed by atoms with E-state index in [1.807, 2.05) is 46.2 Å². The van der Waals surface area contributed by atoms with Crippen LogP contribution in [0.25, 0.3) is 10.8 Å². The third kappa shape index (κ3) is 5.00. The fraction of sp³-hybridized carbons (Fsp3) is 0.700. The fourth-order valence-electron chi connectivity index (χ4n) is 12.1. The Kier molecular flexibility index (Phi) is 7.81. The van der Waals surface area contributed by atoms with Crippen molar-refractivity contribution in [3.05, 3.63) is 48.0 Å². The Morgan fingerprint density at radius 1 is 0.830 bits per heavy atom. The van der Waals surface area contributed by atoms with E-state index in [2.05, 4.69) is 31.7 Å². The third-order valence-corrected chi connectivity index (χ3v) is 15.1. The molecule has 7 heteroatoms. The van der Waals surface area contributed by atoms with Crippen molar-refractivity contribution in [2.24, 2.45) is 34.5 Å². The van der Waals surface area contributed by atoms with Gasteiger partial charge in [-0.2, -0.15) is 0 Å². The summed E-state index contributed by atoms with van der Waals surface area (Å²) in [5.74, 6) is 2.56. The molecular weight excluding hydrogens is 586 g/mol. The van der Waals surface area contributed by atoms with Gasteiger partial charge < -0.3 is 20.0 Å². The number of benzene rings is 2. The molecular formula is C40H55N3O4. The van der Waals surface area contributed by atoms with Crippen LogP contribution in [0.1, 0.15) is 95.3 Å². The summed E-state index contributed by atoms with van der Waals surface area (Å²) in [4.78, 5) is 33.8. The molecule has 2 amide bonds. The van der Waals surface area contributed by atoms with Gasteiger partial charge in [0.1, 0.15) is 6.04 Å². The number of aliphatic hydroxyl groups excluding tert-OH is 1. The Balaban J connectivity index is 0.924. The highest BCUT2D eigenvalue weighted by molar-refractivity contribution is 6.01. The van der Waals surface area contributed by atoms with Gasteiger partial charge >= 0.3 is 0 Å². The average molecular weight is 642 g/mol. The second kappa shape index (κ2) is 11.6. The highest BCUT2D eigenvalue weighted by Crippen LogP contribution is 2.68. The minimum atomic E-state index is -0.554. The van der Waals surface area contributed by atoms with E-state index in [4.69, 9.17) is 0 Å². The maximum absolute atomic E-state index is 13.9. The summed E-state index contributed by atoms with van der Waals surface area (Å²) in [5, 5.41) is 25.1. The quantitative estimate of drug-likeness (QED) is 0.448. The Hall–Kier alpha value is -2.48. The molecule has 0 aromatic heterocycles. The van der Waals surface area contributed by atoms with Crippen molar-refractivity contribution in [1.29, 1.82) is 0 Å². The molecule has 8 rings (SSSR count). The van der Waals surface area contributed by atoms with Gasteiger partial charge in [-0.3, -0.25) is 14.5 Å². The molecule has 10 atom stereocenters. The van der Waals surface area contributed by atoms with Crippen LogP contribution in [-0.4, -0.2) is 93.2 Å². The van der Waals surface area contributed by atoms with Gasteiger partial charge in [-0.1, -0.05) is 44.2 Å². The van der Waals surface area contributed by atoms with E-state index in [1.54, 1.807) is 0 Å². The molecule has 2 heterocycles. The van der Waals surface area contributed by atoms with E-state index in [0.29, 0.717) is 48.9 Å². The first kappa shape index (κ1) is 31.8. The average Bonchev–Trinajstić information content (AvgIpc) is 3.66. The van der Waals surface area contributed by atoms with Crippen LogP contribution in [0.3, 0.4) is 0 Å². The normalized spacial score (nSPS) is 42.2. The van der Waals surface area contributed by atoms with Crippen LogP contribution in [0.5, 0.6) is 0 Å². The van der Waals surface area contributed by atoms with Gasteiger partial charge in [-0.15, -0.1) is 0 Å². The topological polar surface area (TPSA) is 84.3 Å². The fourth-order valence-corrected chi connectivity index (χ4v) is 12.1. The number of amides is 2. The lowest BCUT2D eigenvalue weighted by Crippen LogP contribution is -2.63. The lowest BCUT2D eigenvalue weighted by molar-refractivity contribution is -0.168. The summed E-state index contributed by atoms with van der Waals surface area (Å²) in [6, 6.07) is 13.6. The molecule has 4 unspecified atom stereocenters. The Morgan fingerprint density at radius 3 is 2.36 bits per heavy atom. The number of aliphatic hydroxyl groups is 2. The highest BCUT2D eigenvalue weighted by atomic mass is 16.3. The van der Waals surface area contributed by atoms with Crippen molar-refractivity contribution in [3.8, 4) is 0 Å². The first-order valence-electron chi connectivity index (χ1n) is 18.7. The van der Waals surface area contributed by atoms with E-state index in [0.717, 1.165) is 68.8 Å². The van der Waals surface area contributed by atoms with Gasteiger partial charge in [0.15, 0.2) is 0 Å². The summed E-state index contributed by atoms with van der Waals surface area (Å²) in [6.45, 7) is 10.5. The molecule has 6 fully saturated rings. The van der Waals surface area contributed by atoms with E-state index in [9.17, 15) is 19.8 Å². The molecule has 0 bridgehead atoms. The summed E-state index contributed by atoms with van der Waals surface area (Å²) < 4.78 is 0. The van der Waals surface area contributed by atoms with Crippen molar-refractivity contribution in [2.45, 2.75) is 109 Å². The Morgan fingerprint density at radius 2 is 1.57 bits per heavy atom. The first-order chi connectivity index (χ1) is 22.5. The molecule has 4 aliphatic carbocycles. The maximum atomic E-state index is 13.9. The highest BCUT2D eigenvalue weighted by Gasteiger charge is 2.64. The molecule has 2 aromatic carbocycles. The minimum absolute atomic E-state index is 0.0306. The molecule has 2 N–H and O–H groups in total. The van der Waals surface area contributed by atoms with Crippen molar-refractivity contribution in [3.63, 3.8) is 0 Å². The lowest BCUT2D eigenvalue weighted by Gasteiger charge is -2.63. The summed E-state index contributed by atoms with van der Waals surface area (Å²) in [6.07, 6.45) is 10.0. The van der Waals surface area contributed by atoms with E-state index >= 15 is 0 Å². The van der Waals surface area contributed by atoms with Gasteiger partial charge in [0.25, 0.3) is 5.91 Å². The van der Waals surface area contributed by atoms with Gasteiger partial charge in [0.2, 0.25) is 5.91 Å². The largest absolute Gasteiger partial charge is 0.391 e. The standard InChI is InChI=1S/C40H55N3O4/c1-38-25-34(35(44)24-29(38)12-13-30-31(38)14-16-39(2)32(30)15-17-40(39,3)47)41-19-21-42(22-20-41)37(46)33-9-6-18-43(33)36(45)28-11-10-26-7-4-5-8-27(26)23-28/h4-5,7-8,10-11,23,29-35,44,47H,6,9,12-22,24-25H2,1-3H3/t29?,30?,31?,32?,33-,34-,35-,38-,39-,40-/m0/s1. The number of nitrogens with zero attached hydrogens (tertiary/aromatic N) is 3. The number of carbonyl (C=O) groups is 2. The number of carbonyl (C=O) groups excluding carboxylic acids is 2. The molecule has 47 heavy (non-hydrogen) atoms. The number of fused-ring (bicyclic) bond motifs is 6. The SMILES string of the molecule is C[C@]12C[C@H](N3CCN(C(=O)[C@@H]4CCCN4C(=O)c4ccc5ccccc5c4)CC3)[C@@H](O)CC1CCC1C2CC[C@@]2(C)C1CC[C@]2(C)O. The van der Waals surface area contributed by atoms with Crippen molar-refractivity contribution < 1.29 is 19.8 Å². The van der Waals surface area contributed by atoms with Crippen LogP contribution in [0.15, 0.2) is 42.5 Å². The number of rotatable bonds is 3. The van der Waals surface area contributed by atoms with Gasteiger partial charge in [-0.25, -0.2) is 0 Å². The third-order valence-electron chi connectivity index (χ3n) is 15.1. The molecule has 0 spiro atoms. The van der Waals surface area contributed by atoms with E-state index < -0.39 is 11.6 Å². The summed E-state index contributed by atoms with van der Waals surface area (Å²) in [5.41, 5.74) is 0.339. The minimum Gasteiger partial charge on any atom is -0.391 e. The second-order valence-corrected chi connectivity index (χ2v) is 17.1. The van der Waals surface area contributed by atoms with Gasteiger partial charge in [-0.05, 0) is 129 Å². The smallest absolute Gasteiger partial charge is 0.254 e. The number of likely N-dealkylation sites (tertiary alicyclic amines) is 1. The zero-order chi connectivity index (χ0) is 32.7. The maximum Gasteiger partial charge on any atom is 0.254 e. The zero-order valence-electron chi connectivity index (χ0n) is 28.7. The molecule has 7 nitrogen and oxygen atoms in total. The Bertz CT molecular complexity index is 1530. The van der Waals surface area contributed by atoms with Gasteiger partial charge in [0, 0.05) is 44.3 Å². The second-order valence-electron chi connectivity index (χ2n) is 17.1. The van der Waals surface area contributed by atoms with Crippen LogP contribution in [0.4, 0.5) is 0 Å². The predicted octanol–water partition coefficient (Wildman–Crippen LogP) is 5.72. The van der Waals surface area contributed by atoms with E-state index in [1.165, 1.54) is 19.3 Å². The zero-order valence-corrected chi connectivity index (χ0v) is 28.7. The molecule has 4 saturated carbocycles. The van der Waals surface area contributed by atoms with Crippen LogP contribution >= 0.6 is 0 Å². The molecule has 6 aliphatic rings. The molecule has 0 radical (unpaired) electrons. The molecule has 2 saturated heterocycles. The molecule has 2 aliphatic heterocycles. The van der Waals surface area contributed by atoms with Crippen LogP contribution < -0.4 is 0 Å². The molecule has 2 aromatic rings.